The molecule has 0 aliphatic carbocycles. The fourth-order valence-corrected chi connectivity index (χ4v) is 1.47. The van der Waals surface area contributed by atoms with Gasteiger partial charge in [0.05, 0.1) is 0 Å². The van der Waals surface area contributed by atoms with Crippen LogP contribution in [0.3, 0.4) is 0 Å². The molecule has 0 aromatic carbocycles. The van der Waals surface area contributed by atoms with Crippen molar-refractivity contribution in [2.24, 2.45) is 7.05 Å². The van der Waals surface area contributed by atoms with Gasteiger partial charge in [-0.2, -0.15) is 5.10 Å². The van der Waals surface area contributed by atoms with Gasteiger partial charge in [-0.05, 0) is 31.8 Å². The van der Waals surface area contributed by atoms with Crippen LogP contribution in [-0.4, -0.2) is 21.4 Å². The maximum atomic E-state index is 11.8. The Kier molecular flexibility index (Phi) is 3.91. The average molecular weight is 287 g/mol. The van der Waals surface area contributed by atoms with Crippen LogP contribution in [-0.2, 0) is 11.8 Å². The zero-order valence-electron chi connectivity index (χ0n) is 9.82. The lowest BCUT2D eigenvalue weighted by Crippen LogP contribution is -2.24. The zero-order chi connectivity index (χ0) is 12.3. The van der Waals surface area contributed by atoms with E-state index in [0.717, 1.165) is 5.56 Å². The van der Waals surface area contributed by atoms with E-state index in [1.807, 2.05) is 20.8 Å². The molecule has 0 N–H and O–H groups in total. The summed E-state index contributed by atoms with van der Waals surface area (Å²) >= 11 is 3.17. The first kappa shape index (κ1) is 13.0. The molecule has 0 unspecified atom stereocenters. The predicted octanol–water partition coefficient (Wildman–Crippen LogP) is 2.74. The quantitative estimate of drug-likeness (QED) is 0.786. The van der Waals surface area contributed by atoms with Crippen LogP contribution in [0, 0.1) is 0 Å². The summed E-state index contributed by atoms with van der Waals surface area (Å²) in [4.78, 5) is 13.5. The van der Waals surface area contributed by atoms with E-state index in [-0.39, 0.29) is 0 Å². The second-order valence-electron chi connectivity index (χ2n) is 4.40. The number of aromatic nitrogens is 2. The lowest BCUT2D eigenvalue weighted by atomic mass is 10.2. The van der Waals surface area contributed by atoms with E-state index in [1.54, 1.807) is 29.0 Å². The van der Waals surface area contributed by atoms with Gasteiger partial charge in [-0.15, -0.1) is 0 Å². The van der Waals surface area contributed by atoms with Gasteiger partial charge in [0, 0.05) is 18.8 Å². The Morgan fingerprint density at radius 2 is 2.19 bits per heavy atom. The highest BCUT2D eigenvalue weighted by Gasteiger charge is 2.22. The van der Waals surface area contributed by atoms with Gasteiger partial charge < -0.3 is 4.74 Å². The number of hydrogen-bond donors (Lipinski definition) is 0. The molecule has 0 radical (unpaired) electrons. The van der Waals surface area contributed by atoms with E-state index in [4.69, 9.17) is 4.74 Å². The van der Waals surface area contributed by atoms with Crippen LogP contribution in [0.4, 0.5) is 0 Å². The van der Waals surface area contributed by atoms with Gasteiger partial charge in [-0.3, -0.25) is 4.68 Å². The van der Waals surface area contributed by atoms with Gasteiger partial charge in [-0.1, -0.05) is 15.9 Å². The SMILES string of the molecule is Cn1cc(/C=C/Br)c(C(=O)OC(C)(C)C)n1. The molecule has 1 aromatic rings. The molecule has 16 heavy (non-hydrogen) atoms. The molecule has 0 saturated carbocycles. The van der Waals surface area contributed by atoms with Crippen molar-refractivity contribution < 1.29 is 9.53 Å². The van der Waals surface area contributed by atoms with Gasteiger partial charge >= 0.3 is 5.97 Å². The molecule has 0 spiro atoms. The van der Waals surface area contributed by atoms with Crippen molar-refractivity contribution in [2.75, 3.05) is 0 Å². The molecule has 0 aliphatic rings. The van der Waals surface area contributed by atoms with Crippen LogP contribution in [0.25, 0.3) is 6.08 Å². The third-order valence-corrected chi connectivity index (χ3v) is 1.96. The number of nitrogens with zero attached hydrogens (tertiary/aromatic N) is 2. The van der Waals surface area contributed by atoms with Crippen LogP contribution in [0.1, 0.15) is 36.8 Å². The minimum atomic E-state index is -0.510. The van der Waals surface area contributed by atoms with Crippen LogP contribution in [0.2, 0.25) is 0 Å². The maximum Gasteiger partial charge on any atom is 0.359 e. The van der Waals surface area contributed by atoms with Gasteiger partial charge in [0.2, 0.25) is 0 Å². The molecule has 4 nitrogen and oxygen atoms in total. The second-order valence-corrected chi connectivity index (χ2v) is 4.93. The normalized spacial score (nSPS) is 12.1. The number of rotatable bonds is 2. The highest BCUT2D eigenvalue weighted by Crippen LogP contribution is 2.15. The molecular formula is C11H15BrN2O2. The average Bonchev–Trinajstić information content (AvgIpc) is 2.44. The van der Waals surface area contributed by atoms with Crippen LogP contribution in [0.5, 0.6) is 0 Å². The smallest absolute Gasteiger partial charge is 0.359 e. The van der Waals surface area contributed by atoms with E-state index in [9.17, 15) is 4.79 Å². The third kappa shape index (κ3) is 3.48. The molecule has 0 bridgehead atoms. The fourth-order valence-electron chi connectivity index (χ4n) is 1.18. The van der Waals surface area contributed by atoms with Crippen molar-refractivity contribution in [3.63, 3.8) is 0 Å². The largest absolute Gasteiger partial charge is 0.455 e. The molecule has 1 rings (SSSR count). The molecule has 0 atom stereocenters. The number of ether oxygens (including phenoxy) is 1. The van der Waals surface area contributed by atoms with E-state index in [0.29, 0.717) is 5.69 Å². The number of aryl methyl sites for hydroxylation is 1. The Hall–Kier alpha value is -1.10. The van der Waals surface area contributed by atoms with Gasteiger partial charge in [-0.25, -0.2) is 4.79 Å². The van der Waals surface area contributed by atoms with Crippen molar-refractivity contribution in [3.05, 3.63) is 22.4 Å². The Balaban J connectivity index is 2.99. The fraction of sp³-hybridized carbons (Fsp3) is 0.455. The van der Waals surface area contributed by atoms with E-state index in [1.165, 1.54) is 0 Å². The maximum absolute atomic E-state index is 11.8. The van der Waals surface area contributed by atoms with Crippen molar-refractivity contribution in [2.45, 2.75) is 26.4 Å². The minimum absolute atomic E-state index is 0.327. The molecule has 0 amide bonds. The lowest BCUT2D eigenvalue weighted by molar-refractivity contribution is 0.00619. The molecule has 0 aliphatic heterocycles. The monoisotopic (exact) mass is 286 g/mol. The summed E-state index contributed by atoms with van der Waals surface area (Å²) in [6.07, 6.45) is 3.52. The molecule has 0 fully saturated rings. The molecular weight excluding hydrogens is 272 g/mol. The summed E-state index contributed by atoms with van der Waals surface area (Å²) in [6, 6.07) is 0. The third-order valence-electron chi connectivity index (χ3n) is 1.69. The summed E-state index contributed by atoms with van der Waals surface area (Å²) in [6.45, 7) is 5.48. The van der Waals surface area contributed by atoms with Crippen LogP contribution >= 0.6 is 15.9 Å². The first-order valence-electron chi connectivity index (χ1n) is 4.87. The van der Waals surface area contributed by atoms with Gasteiger partial charge in [0.15, 0.2) is 5.69 Å². The summed E-state index contributed by atoms with van der Waals surface area (Å²) in [7, 11) is 1.76. The summed E-state index contributed by atoms with van der Waals surface area (Å²) in [5.74, 6) is -0.409. The van der Waals surface area contributed by atoms with E-state index in [2.05, 4.69) is 21.0 Å². The molecule has 88 valence electrons. The Morgan fingerprint density at radius 1 is 1.56 bits per heavy atom. The van der Waals surface area contributed by atoms with E-state index < -0.39 is 11.6 Å². The molecule has 1 aromatic heterocycles. The summed E-state index contributed by atoms with van der Waals surface area (Å²) in [5.41, 5.74) is 0.547. The zero-order valence-corrected chi connectivity index (χ0v) is 11.4. The minimum Gasteiger partial charge on any atom is -0.455 e. The highest BCUT2D eigenvalue weighted by molar-refractivity contribution is 9.11. The molecule has 5 heteroatoms. The van der Waals surface area contributed by atoms with E-state index >= 15 is 0 Å². The Bertz CT molecular complexity index is 416. The topological polar surface area (TPSA) is 44.1 Å². The first-order chi connectivity index (χ1) is 7.33. The summed E-state index contributed by atoms with van der Waals surface area (Å²) < 4.78 is 6.85. The number of carbonyl (C=O) groups excluding carboxylic acids is 1. The van der Waals surface area contributed by atoms with Crippen LogP contribution < -0.4 is 0 Å². The van der Waals surface area contributed by atoms with Crippen molar-refractivity contribution in [1.82, 2.24) is 9.78 Å². The van der Waals surface area contributed by atoms with Crippen molar-refractivity contribution in [1.29, 1.82) is 0 Å². The molecule has 1 heterocycles. The predicted molar refractivity (Wildman–Crippen MR) is 66.3 cm³/mol. The number of carbonyl (C=O) groups is 1. The number of halogens is 1. The standard InChI is InChI=1S/C11H15BrN2O2/c1-11(2,3)16-10(15)9-8(5-6-12)7-14(4)13-9/h5-7H,1-4H3/b6-5+. The van der Waals surface area contributed by atoms with Crippen molar-refractivity contribution >= 4 is 28.0 Å². The van der Waals surface area contributed by atoms with Crippen molar-refractivity contribution in [3.8, 4) is 0 Å². The van der Waals surface area contributed by atoms with Crippen LogP contribution in [0.15, 0.2) is 11.2 Å². The van der Waals surface area contributed by atoms with Gasteiger partial charge in [0.1, 0.15) is 5.60 Å². The summed E-state index contributed by atoms with van der Waals surface area (Å²) in [5, 5.41) is 4.08. The Labute approximate surface area is 103 Å². The molecule has 0 saturated heterocycles. The number of hydrogen-bond acceptors (Lipinski definition) is 3. The van der Waals surface area contributed by atoms with Gasteiger partial charge in [0.25, 0.3) is 0 Å². The first-order valence-corrected chi connectivity index (χ1v) is 5.79. The number of esters is 1. The second kappa shape index (κ2) is 4.82. The Morgan fingerprint density at radius 3 is 2.69 bits per heavy atom. The lowest BCUT2D eigenvalue weighted by Gasteiger charge is -2.18. The highest BCUT2D eigenvalue weighted by atomic mass is 79.9.